The van der Waals surface area contributed by atoms with Gasteiger partial charge in [0.15, 0.2) is 0 Å². The molecule has 17 heavy (non-hydrogen) atoms. The molecule has 0 saturated heterocycles. The van der Waals surface area contributed by atoms with Crippen molar-refractivity contribution < 1.29 is 9.90 Å². The molecule has 0 aromatic carbocycles. The van der Waals surface area contributed by atoms with Crippen molar-refractivity contribution in [1.29, 1.82) is 0 Å². The molecule has 2 nitrogen and oxygen atoms in total. The highest BCUT2D eigenvalue weighted by atomic mass is 16.3. The van der Waals surface area contributed by atoms with Crippen LogP contribution < -0.4 is 0 Å². The van der Waals surface area contributed by atoms with Crippen LogP contribution in [0.3, 0.4) is 0 Å². The Hall–Kier alpha value is -0.630. The van der Waals surface area contributed by atoms with Crippen LogP contribution in [-0.2, 0) is 4.79 Å². The third kappa shape index (κ3) is 5.03. The standard InChI is InChI=1S/C15H26O2/c1-14(2,3)13(16)9-5-8-12-15(17)10-6-4-7-11-15/h5,8,17H,4,6-7,9-12H2,1-3H3/b8-5+. The van der Waals surface area contributed by atoms with Crippen molar-refractivity contribution in [2.24, 2.45) is 5.41 Å². The van der Waals surface area contributed by atoms with Gasteiger partial charge < -0.3 is 5.11 Å². The van der Waals surface area contributed by atoms with Crippen molar-refractivity contribution in [3.8, 4) is 0 Å². The van der Waals surface area contributed by atoms with Gasteiger partial charge in [-0.3, -0.25) is 4.79 Å². The molecule has 98 valence electrons. The number of hydrogen-bond acceptors (Lipinski definition) is 2. The second-order valence-electron chi connectivity index (χ2n) is 6.34. The van der Waals surface area contributed by atoms with E-state index >= 15 is 0 Å². The fraction of sp³-hybridized carbons (Fsp3) is 0.800. The molecule has 0 atom stereocenters. The summed E-state index contributed by atoms with van der Waals surface area (Å²) in [6, 6.07) is 0. The van der Waals surface area contributed by atoms with Crippen LogP contribution in [0.2, 0.25) is 0 Å². The number of aliphatic hydroxyl groups is 1. The van der Waals surface area contributed by atoms with Gasteiger partial charge in [0, 0.05) is 11.8 Å². The Morgan fingerprint density at radius 1 is 1.18 bits per heavy atom. The van der Waals surface area contributed by atoms with E-state index in [9.17, 15) is 9.90 Å². The van der Waals surface area contributed by atoms with Crippen LogP contribution in [0, 0.1) is 5.41 Å². The molecule has 2 heteroatoms. The number of hydrogen-bond donors (Lipinski definition) is 1. The monoisotopic (exact) mass is 238 g/mol. The van der Waals surface area contributed by atoms with Crippen LogP contribution in [0.15, 0.2) is 12.2 Å². The number of Topliss-reactive ketones (excluding diaryl/α,β-unsaturated/α-hetero) is 1. The Labute approximate surface area is 105 Å². The number of ketones is 1. The lowest BCUT2D eigenvalue weighted by molar-refractivity contribution is -0.125. The van der Waals surface area contributed by atoms with Crippen LogP contribution >= 0.6 is 0 Å². The summed E-state index contributed by atoms with van der Waals surface area (Å²) in [6.07, 6.45) is 10.4. The van der Waals surface area contributed by atoms with Gasteiger partial charge in [-0.15, -0.1) is 0 Å². The smallest absolute Gasteiger partial charge is 0.141 e. The Balaban J connectivity index is 2.32. The summed E-state index contributed by atoms with van der Waals surface area (Å²) >= 11 is 0. The first-order valence-corrected chi connectivity index (χ1v) is 6.74. The minimum Gasteiger partial charge on any atom is -0.390 e. The number of carbonyl (C=O) groups excluding carboxylic acids is 1. The molecule has 1 saturated carbocycles. The van der Waals surface area contributed by atoms with E-state index in [1.54, 1.807) is 0 Å². The number of allylic oxidation sites excluding steroid dienone is 1. The summed E-state index contributed by atoms with van der Waals surface area (Å²) in [6.45, 7) is 5.83. The summed E-state index contributed by atoms with van der Waals surface area (Å²) in [4.78, 5) is 11.7. The van der Waals surface area contributed by atoms with Crippen LogP contribution in [-0.4, -0.2) is 16.5 Å². The number of carbonyl (C=O) groups is 1. The average Bonchev–Trinajstić information content (AvgIpc) is 2.24. The highest BCUT2D eigenvalue weighted by Crippen LogP contribution is 2.31. The van der Waals surface area contributed by atoms with Crippen LogP contribution in [0.4, 0.5) is 0 Å². The van der Waals surface area contributed by atoms with Gasteiger partial charge in [0.1, 0.15) is 5.78 Å². The van der Waals surface area contributed by atoms with E-state index in [2.05, 4.69) is 0 Å². The second-order valence-corrected chi connectivity index (χ2v) is 6.34. The molecule has 0 aromatic heterocycles. The molecule has 0 aromatic rings. The van der Waals surface area contributed by atoms with Crippen molar-refractivity contribution >= 4 is 5.78 Å². The Bertz CT molecular complexity index is 278. The molecule has 0 radical (unpaired) electrons. The van der Waals surface area contributed by atoms with Crippen LogP contribution in [0.1, 0.15) is 65.7 Å². The molecular weight excluding hydrogens is 212 g/mol. The van der Waals surface area contributed by atoms with E-state index in [0.29, 0.717) is 12.8 Å². The van der Waals surface area contributed by atoms with Gasteiger partial charge in [-0.2, -0.15) is 0 Å². The van der Waals surface area contributed by atoms with E-state index in [4.69, 9.17) is 0 Å². The molecular formula is C15H26O2. The number of rotatable bonds is 4. The van der Waals surface area contributed by atoms with Gasteiger partial charge >= 0.3 is 0 Å². The summed E-state index contributed by atoms with van der Waals surface area (Å²) in [5.41, 5.74) is -0.758. The Morgan fingerprint density at radius 3 is 2.29 bits per heavy atom. The van der Waals surface area contributed by atoms with Gasteiger partial charge in [0.2, 0.25) is 0 Å². The Kier molecular flexibility index (Phi) is 4.93. The first-order valence-electron chi connectivity index (χ1n) is 6.74. The fourth-order valence-corrected chi connectivity index (χ4v) is 2.21. The van der Waals surface area contributed by atoms with Crippen LogP contribution in [0.25, 0.3) is 0 Å². The molecule has 0 aliphatic heterocycles. The zero-order valence-electron chi connectivity index (χ0n) is 11.5. The third-order valence-electron chi connectivity index (χ3n) is 3.59. The molecule has 0 heterocycles. The van der Waals surface area contributed by atoms with E-state index < -0.39 is 5.60 Å². The highest BCUT2D eigenvalue weighted by Gasteiger charge is 2.27. The third-order valence-corrected chi connectivity index (χ3v) is 3.59. The van der Waals surface area contributed by atoms with Crippen molar-refractivity contribution in [2.45, 2.75) is 71.3 Å². The lowest BCUT2D eigenvalue weighted by Gasteiger charge is -2.30. The molecule has 0 spiro atoms. The van der Waals surface area contributed by atoms with E-state index in [1.807, 2.05) is 32.9 Å². The van der Waals surface area contributed by atoms with Crippen molar-refractivity contribution in [1.82, 2.24) is 0 Å². The first-order chi connectivity index (χ1) is 7.83. The van der Waals surface area contributed by atoms with Crippen molar-refractivity contribution in [3.63, 3.8) is 0 Å². The molecule has 1 N–H and O–H groups in total. The summed E-state index contributed by atoms with van der Waals surface area (Å²) < 4.78 is 0. The topological polar surface area (TPSA) is 37.3 Å². The molecule has 0 unspecified atom stereocenters. The maximum absolute atomic E-state index is 11.7. The van der Waals surface area contributed by atoms with Gasteiger partial charge in [-0.1, -0.05) is 52.2 Å². The molecule has 1 aliphatic carbocycles. The van der Waals surface area contributed by atoms with Gasteiger partial charge in [0.25, 0.3) is 0 Å². The summed E-state index contributed by atoms with van der Waals surface area (Å²) in [7, 11) is 0. The van der Waals surface area contributed by atoms with Gasteiger partial charge in [-0.05, 0) is 19.3 Å². The van der Waals surface area contributed by atoms with Crippen molar-refractivity contribution in [3.05, 3.63) is 12.2 Å². The summed E-state index contributed by atoms with van der Waals surface area (Å²) in [5, 5.41) is 10.3. The fourth-order valence-electron chi connectivity index (χ4n) is 2.21. The molecule has 1 fully saturated rings. The van der Waals surface area contributed by atoms with Gasteiger partial charge in [0.05, 0.1) is 5.60 Å². The summed E-state index contributed by atoms with van der Waals surface area (Å²) in [5.74, 6) is 0.254. The van der Waals surface area contributed by atoms with Crippen molar-refractivity contribution in [2.75, 3.05) is 0 Å². The maximum atomic E-state index is 11.7. The quantitative estimate of drug-likeness (QED) is 0.759. The maximum Gasteiger partial charge on any atom is 0.141 e. The Morgan fingerprint density at radius 2 is 1.76 bits per heavy atom. The highest BCUT2D eigenvalue weighted by molar-refractivity contribution is 5.84. The predicted octanol–water partition coefficient (Wildman–Crippen LogP) is 3.63. The SMILES string of the molecule is CC(C)(C)C(=O)C/C=C/CC1(O)CCCCC1. The zero-order valence-corrected chi connectivity index (χ0v) is 11.5. The minimum absolute atomic E-state index is 0.254. The minimum atomic E-state index is -0.500. The van der Waals surface area contributed by atoms with Gasteiger partial charge in [-0.25, -0.2) is 0 Å². The van der Waals surface area contributed by atoms with Crippen LogP contribution in [0.5, 0.6) is 0 Å². The molecule has 0 bridgehead atoms. The predicted molar refractivity (Wildman–Crippen MR) is 70.9 cm³/mol. The normalized spacial score (nSPS) is 20.7. The lowest BCUT2D eigenvalue weighted by Crippen LogP contribution is -2.30. The molecule has 0 amide bonds. The zero-order chi connectivity index (χ0) is 12.9. The first kappa shape index (κ1) is 14.4. The van der Waals surface area contributed by atoms with E-state index in [0.717, 1.165) is 25.7 Å². The average molecular weight is 238 g/mol. The van der Waals surface area contributed by atoms with E-state index in [-0.39, 0.29) is 11.2 Å². The molecule has 1 aliphatic rings. The van der Waals surface area contributed by atoms with E-state index in [1.165, 1.54) is 6.42 Å². The second kappa shape index (κ2) is 5.81. The largest absolute Gasteiger partial charge is 0.390 e. The molecule has 1 rings (SSSR count). The lowest BCUT2D eigenvalue weighted by atomic mass is 9.82.